The van der Waals surface area contributed by atoms with Crippen LogP contribution in [0.1, 0.15) is 30.7 Å². The van der Waals surface area contributed by atoms with Crippen LogP contribution in [0.25, 0.3) is 22.4 Å². The van der Waals surface area contributed by atoms with Gasteiger partial charge in [0.15, 0.2) is 11.5 Å². The number of halogens is 1. The molecule has 2 aromatic heterocycles. The summed E-state index contributed by atoms with van der Waals surface area (Å²) in [7, 11) is 1.87. The highest BCUT2D eigenvalue weighted by molar-refractivity contribution is 5.91. The maximum atomic E-state index is 13.3. The van der Waals surface area contributed by atoms with Crippen molar-refractivity contribution >= 4 is 22.8 Å². The van der Waals surface area contributed by atoms with Gasteiger partial charge in [-0.05, 0) is 36.6 Å². The summed E-state index contributed by atoms with van der Waals surface area (Å²) in [6.07, 6.45) is 0.966. The van der Waals surface area contributed by atoms with Crippen molar-refractivity contribution < 1.29 is 13.9 Å². The summed E-state index contributed by atoms with van der Waals surface area (Å²) < 4.78 is 20.0. The van der Waals surface area contributed by atoms with Crippen LogP contribution in [0.2, 0.25) is 0 Å². The topological polar surface area (TPSA) is 81.9 Å². The van der Waals surface area contributed by atoms with Crippen LogP contribution in [-0.4, -0.2) is 32.3 Å². The molecule has 33 heavy (non-hydrogen) atoms. The fourth-order valence-corrected chi connectivity index (χ4v) is 3.67. The second-order valence-corrected chi connectivity index (χ2v) is 7.68. The predicted octanol–water partition coefficient (Wildman–Crippen LogP) is 4.45. The van der Waals surface area contributed by atoms with Gasteiger partial charge in [-0.25, -0.2) is 19.0 Å². The smallest absolute Gasteiger partial charge is 0.310 e. The normalized spacial score (nSPS) is 11.0. The Kier molecular flexibility index (Phi) is 6.63. The molecule has 0 radical (unpaired) electrons. The van der Waals surface area contributed by atoms with E-state index in [0.29, 0.717) is 24.8 Å². The summed E-state index contributed by atoms with van der Waals surface area (Å²) >= 11 is 0. The van der Waals surface area contributed by atoms with Gasteiger partial charge in [0.25, 0.3) is 0 Å². The molecule has 4 aromatic rings. The average molecular weight is 448 g/mol. The lowest BCUT2D eigenvalue weighted by molar-refractivity contribution is -0.142. The van der Waals surface area contributed by atoms with Gasteiger partial charge in [-0.1, -0.05) is 43.3 Å². The van der Waals surface area contributed by atoms with Gasteiger partial charge < -0.3 is 10.1 Å². The number of ether oxygens (including phenoxy) is 1. The fourth-order valence-electron chi connectivity index (χ4n) is 3.67. The van der Waals surface area contributed by atoms with Crippen LogP contribution in [0, 0.1) is 5.82 Å². The van der Waals surface area contributed by atoms with Crippen molar-refractivity contribution in [1.82, 2.24) is 19.7 Å². The first kappa shape index (κ1) is 22.4. The molecule has 1 N–H and O–H groups in total. The highest BCUT2D eigenvalue weighted by Gasteiger charge is 2.17. The lowest BCUT2D eigenvalue weighted by atomic mass is 10.1. The number of aromatic nitrogens is 4. The summed E-state index contributed by atoms with van der Waals surface area (Å²) in [6, 6.07) is 13.9. The third kappa shape index (κ3) is 5.00. The minimum Gasteiger partial charge on any atom is -0.466 e. The largest absolute Gasteiger partial charge is 0.466 e. The number of nitrogens with one attached hydrogen (secondary N) is 1. The van der Waals surface area contributed by atoms with Crippen molar-refractivity contribution in [1.29, 1.82) is 0 Å². The second kappa shape index (κ2) is 9.77. The van der Waals surface area contributed by atoms with Crippen LogP contribution in [0.3, 0.4) is 0 Å². The molecule has 0 saturated carbocycles. The van der Waals surface area contributed by atoms with E-state index in [0.717, 1.165) is 39.8 Å². The minimum atomic E-state index is -0.266. The van der Waals surface area contributed by atoms with Crippen molar-refractivity contribution in [3.05, 3.63) is 71.2 Å². The Bertz CT molecular complexity index is 1270. The Morgan fingerprint density at radius 3 is 2.39 bits per heavy atom. The van der Waals surface area contributed by atoms with Crippen LogP contribution in [-0.2, 0) is 36.0 Å². The molecule has 0 atom stereocenters. The minimum absolute atomic E-state index is 0.222. The summed E-state index contributed by atoms with van der Waals surface area (Å²) in [5.41, 5.74) is 4.27. The van der Waals surface area contributed by atoms with E-state index in [4.69, 9.17) is 14.7 Å². The van der Waals surface area contributed by atoms with Crippen LogP contribution < -0.4 is 5.32 Å². The Labute approximate surface area is 191 Å². The molecule has 170 valence electrons. The van der Waals surface area contributed by atoms with Gasteiger partial charge in [-0.3, -0.25) is 4.79 Å². The Hall–Kier alpha value is -3.81. The number of carbonyl (C=O) groups excluding carboxylic acids is 1. The molecule has 0 bridgehead atoms. The molecule has 0 fully saturated rings. The van der Waals surface area contributed by atoms with E-state index < -0.39 is 0 Å². The lowest BCUT2D eigenvalue weighted by Gasteiger charge is -2.11. The third-order valence-corrected chi connectivity index (χ3v) is 5.33. The number of anilines is 1. The molecule has 0 amide bonds. The predicted molar refractivity (Wildman–Crippen MR) is 125 cm³/mol. The van der Waals surface area contributed by atoms with E-state index in [-0.39, 0.29) is 18.2 Å². The van der Waals surface area contributed by atoms with Crippen LogP contribution >= 0.6 is 0 Å². The highest BCUT2D eigenvalue weighted by Crippen LogP contribution is 2.28. The molecule has 0 unspecified atom stereocenters. The van der Waals surface area contributed by atoms with E-state index >= 15 is 0 Å². The first-order chi connectivity index (χ1) is 16.0. The number of carbonyl (C=O) groups is 1. The zero-order chi connectivity index (χ0) is 23.4. The maximum absolute atomic E-state index is 13.3. The van der Waals surface area contributed by atoms with Crippen molar-refractivity contribution in [2.45, 2.75) is 33.2 Å². The van der Waals surface area contributed by atoms with Gasteiger partial charge in [0, 0.05) is 19.2 Å². The number of rotatable bonds is 8. The molecule has 0 aliphatic carbocycles. The molecule has 0 aliphatic heterocycles. The van der Waals surface area contributed by atoms with E-state index in [1.54, 1.807) is 23.7 Å². The number of aryl methyl sites for hydroxylation is 2. The zero-order valence-corrected chi connectivity index (χ0v) is 18.9. The Morgan fingerprint density at radius 2 is 1.73 bits per heavy atom. The number of hydrogen-bond donors (Lipinski definition) is 1. The molecule has 2 heterocycles. The summed E-state index contributed by atoms with van der Waals surface area (Å²) in [5, 5.41) is 8.87. The number of esters is 1. The summed E-state index contributed by atoms with van der Waals surface area (Å²) in [6.45, 7) is 4.69. The molecule has 2 aromatic carbocycles. The van der Waals surface area contributed by atoms with Gasteiger partial charge in [0.1, 0.15) is 11.6 Å². The molecule has 7 nitrogen and oxygen atoms in total. The van der Waals surface area contributed by atoms with Crippen LogP contribution in [0.4, 0.5) is 10.2 Å². The number of benzene rings is 2. The molecular weight excluding hydrogens is 421 g/mol. The summed E-state index contributed by atoms with van der Waals surface area (Å²) in [4.78, 5) is 21.3. The zero-order valence-electron chi connectivity index (χ0n) is 18.9. The lowest BCUT2D eigenvalue weighted by Crippen LogP contribution is -2.07. The van der Waals surface area contributed by atoms with Crippen molar-refractivity contribution in [2.75, 3.05) is 11.9 Å². The first-order valence-electron chi connectivity index (χ1n) is 10.9. The third-order valence-electron chi connectivity index (χ3n) is 5.33. The fraction of sp³-hybridized carbons (Fsp3) is 0.280. The number of nitrogens with zero attached hydrogens (tertiary/aromatic N) is 4. The van der Waals surface area contributed by atoms with Gasteiger partial charge in [0.05, 0.1) is 24.1 Å². The van der Waals surface area contributed by atoms with Gasteiger partial charge in [-0.15, -0.1) is 0 Å². The first-order valence-corrected chi connectivity index (χ1v) is 10.9. The SMILES string of the molecule is CCOC(=O)Cc1ccc(-c2nc(NCc3ccc(F)cc3)c3c(CC)nn(C)c3n2)cc1. The van der Waals surface area contributed by atoms with Crippen molar-refractivity contribution in [3.63, 3.8) is 0 Å². The van der Waals surface area contributed by atoms with Gasteiger partial charge >= 0.3 is 5.97 Å². The van der Waals surface area contributed by atoms with Gasteiger partial charge in [-0.2, -0.15) is 5.10 Å². The summed E-state index contributed by atoms with van der Waals surface area (Å²) in [5.74, 6) is 0.715. The molecule has 8 heteroatoms. The van der Waals surface area contributed by atoms with E-state index in [1.807, 2.05) is 38.2 Å². The van der Waals surface area contributed by atoms with Crippen LogP contribution in [0.15, 0.2) is 48.5 Å². The highest BCUT2D eigenvalue weighted by atomic mass is 19.1. The quantitative estimate of drug-likeness (QED) is 0.402. The van der Waals surface area contributed by atoms with E-state index in [1.165, 1.54) is 12.1 Å². The maximum Gasteiger partial charge on any atom is 0.310 e. The van der Waals surface area contributed by atoms with Crippen LogP contribution in [0.5, 0.6) is 0 Å². The Balaban J connectivity index is 1.68. The Morgan fingerprint density at radius 1 is 1.03 bits per heavy atom. The molecule has 4 rings (SSSR count). The molecule has 0 spiro atoms. The molecular formula is C25H26FN5O2. The van der Waals surface area contributed by atoms with E-state index in [2.05, 4.69) is 10.4 Å². The van der Waals surface area contributed by atoms with Crippen molar-refractivity contribution in [3.8, 4) is 11.4 Å². The second-order valence-electron chi connectivity index (χ2n) is 7.68. The molecule has 0 aliphatic rings. The van der Waals surface area contributed by atoms with E-state index in [9.17, 15) is 9.18 Å². The standard InChI is InChI=1S/C25H26FN5O2/c1-4-20-22-24(27-15-17-8-12-19(26)13-9-17)28-23(29-25(22)31(3)30-20)18-10-6-16(7-11-18)14-21(32)33-5-2/h6-13H,4-5,14-15H2,1-3H3,(H,27,28,29). The monoisotopic (exact) mass is 447 g/mol. The molecule has 0 saturated heterocycles. The average Bonchev–Trinajstić information content (AvgIpc) is 3.15. The van der Waals surface area contributed by atoms with Gasteiger partial charge in [0.2, 0.25) is 0 Å². The van der Waals surface area contributed by atoms with Crippen molar-refractivity contribution in [2.24, 2.45) is 7.05 Å². The number of fused-ring (bicyclic) bond motifs is 1. The number of hydrogen-bond acceptors (Lipinski definition) is 6.